The lowest BCUT2D eigenvalue weighted by Crippen LogP contribution is -2.45. The van der Waals surface area contributed by atoms with E-state index in [-0.39, 0.29) is 24.2 Å². The van der Waals surface area contributed by atoms with Crippen molar-refractivity contribution in [3.8, 4) is 6.01 Å². The van der Waals surface area contributed by atoms with E-state index in [0.717, 1.165) is 22.9 Å². The average Bonchev–Trinajstić information content (AvgIpc) is 2.59. The molecule has 0 aliphatic carbocycles. The number of piperidine rings is 1. The molecule has 1 aliphatic heterocycles. The zero-order valence-corrected chi connectivity index (χ0v) is 14.6. The van der Waals surface area contributed by atoms with Crippen LogP contribution in [-0.2, 0) is 11.2 Å². The highest BCUT2D eigenvalue weighted by Gasteiger charge is 2.25. The Kier molecular flexibility index (Phi) is 5.40. The Morgan fingerprint density at radius 1 is 1.29 bits per heavy atom. The number of rotatable bonds is 4. The average molecular weight is 394 g/mol. The standard InChI is InChI=1S/C17H17BrFN3O2/c18-13-9-20-17(21-10-13)24-15-2-1-7-22(11-15)16(23)8-12-3-5-14(19)6-4-12/h3-6,9-10,15H,1-2,7-8,11H2. The lowest BCUT2D eigenvalue weighted by atomic mass is 10.1. The van der Waals surface area contributed by atoms with E-state index in [9.17, 15) is 9.18 Å². The van der Waals surface area contributed by atoms with Gasteiger partial charge in [0, 0.05) is 18.9 Å². The molecule has 0 radical (unpaired) electrons. The molecule has 1 aromatic heterocycles. The fraction of sp³-hybridized carbons (Fsp3) is 0.353. The largest absolute Gasteiger partial charge is 0.458 e. The molecule has 1 fully saturated rings. The zero-order valence-electron chi connectivity index (χ0n) is 13.0. The number of carbonyl (C=O) groups excluding carboxylic acids is 1. The molecule has 0 spiro atoms. The van der Waals surface area contributed by atoms with Crippen molar-refractivity contribution < 1.29 is 13.9 Å². The van der Waals surface area contributed by atoms with Crippen LogP contribution in [0, 0.1) is 5.82 Å². The van der Waals surface area contributed by atoms with Crippen molar-refractivity contribution in [2.24, 2.45) is 0 Å². The van der Waals surface area contributed by atoms with Gasteiger partial charge in [0.25, 0.3) is 0 Å². The Balaban J connectivity index is 1.57. The Morgan fingerprint density at radius 3 is 2.71 bits per heavy atom. The predicted molar refractivity (Wildman–Crippen MR) is 90.1 cm³/mol. The zero-order chi connectivity index (χ0) is 16.9. The summed E-state index contributed by atoms with van der Waals surface area (Å²) in [5, 5.41) is 0. The highest BCUT2D eigenvalue weighted by atomic mass is 79.9. The number of benzene rings is 1. The van der Waals surface area contributed by atoms with Gasteiger partial charge in [0.2, 0.25) is 5.91 Å². The molecule has 2 heterocycles. The van der Waals surface area contributed by atoms with Gasteiger partial charge in [-0.05, 0) is 46.5 Å². The van der Waals surface area contributed by atoms with Gasteiger partial charge in [-0.3, -0.25) is 4.79 Å². The van der Waals surface area contributed by atoms with Crippen molar-refractivity contribution in [2.75, 3.05) is 13.1 Å². The maximum Gasteiger partial charge on any atom is 0.316 e. The molecule has 1 aromatic carbocycles. The highest BCUT2D eigenvalue weighted by Crippen LogP contribution is 2.17. The lowest BCUT2D eigenvalue weighted by Gasteiger charge is -2.32. The smallest absolute Gasteiger partial charge is 0.316 e. The second kappa shape index (κ2) is 7.70. The van der Waals surface area contributed by atoms with Crippen molar-refractivity contribution in [2.45, 2.75) is 25.4 Å². The van der Waals surface area contributed by atoms with Gasteiger partial charge >= 0.3 is 6.01 Å². The van der Waals surface area contributed by atoms with Gasteiger partial charge in [-0.2, -0.15) is 0 Å². The summed E-state index contributed by atoms with van der Waals surface area (Å²) in [4.78, 5) is 22.4. The number of amides is 1. The van der Waals surface area contributed by atoms with Crippen LogP contribution in [0.1, 0.15) is 18.4 Å². The molecule has 3 rings (SSSR count). The van der Waals surface area contributed by atoms with Gasteiger partial charge in [0.05, 0.1) is 17.4 Å². The number of carbonyl (C=O) groups is 1. The molecule has 126 valence electrons. The first-order valence-corrected chi connectivity index (χ1v) is 8.56. The maximum atomic E-state index is 12.9. The molecule has 1 amide bonds. The number of likely N-dealkylation sites (tertiary alicyclic amines) is 1. The van der Waals surface area contributed by atoms with E-state index in [4.69, 9.17) is 4.74 Å². The summed E-state index contributed by atoms with van der Waals surface area (Å²) in [7, 11) is 0. The van der Waals surface area contributed by atoms with Gasteiger partial charge < -0.3 is 9.64 Å². The van der Waals surface area contributed by atoms with Gasteiger partial charge in [-0.1, -0.05) is 12.1 Å². The van der Waals surface area contributed by atoms with Gasteiger partial charge in [-0.15, -0.1) is 0 Å². The molecule has 7 heteroatoms. The molecule has 1 unspecified atom stereocenters. The Hall–Kier alpha value is -2.02. The first-order chi connectivity index (χ1) is 11.6. The number of halogens is 2. The molecular formula is C17H17BrFN3O2. The fourth-order valence-corrected chi connectivity index (χ4v) is 2.86. The molecule has 0 N–H and O–H groups in total. The first kappa shape index (κ1) is 16.8. The summed E-state index contributed by atoms with van der Waals surface area (Å²) in [6.07, 6.45) is 5.14. The molecule has 2 aromatic rings. The van der Waals surface area contributed by atoms with Crippen molar-refractivity contribution in [3.63, 3.8) is 0 Å². The molecule has 1 aliphatic rings. The number of hydrogen-bond acceptors (Lipinski definition) is 4. The van der Waals surface area contributed by atoms with Gasteiger partial charge in [-0.25, -0.2) is 14.4 Å². The Labute approximate surface area is 148 Å². The highest BCUT2D eigenvalue weighted by molar-refractivity contribution is 9.10. The van der Waals surface area contributed by atoms with Crippen LogP contribution < -0.4 is 4.74 Å². The minimum atomic E-state index is -0.299. The normalized spacial score (nSPS) is 17.6. The van der Waals surface area contributed by atoms with Crippen molar-refractivity contribution in [1.82, 2.24) is 14.9 Å². The quantitative estimate of drug-likeness (QED) is 0.800. The van der Waals surface area contributed by atoms with Crippen LogP contribution in [0.15, 0.2) is 41.1 Å². The van der Waals surface area contributed by atoms with Crippen LogP contribution in [-0.4, -0.2) is 40.0 Å². The third-order valence-electron chi connectivity index (χ3n) is 3.87. The van der Waals surface area contributed by atoms with Crippen molar-refractivity contribution in [1.29, 1.82) is 0 Å². The van der Waals surface area contributed by atoms with E-state index in [2.05, 4.69) is 25.9 Å². The molecular weight excluding hydrogens is 377 g/mol. The monoisotopic (exact) mass is 393 g/mol. The molecule has 1 atom stereocenters. The van der Waals surface area contributed by atoms with Crippen LogP contribution in [0.3, 0.4) is 0 Å². The number of nitrogens with zero attached hydrogens (tertiary/aromatic N) is 3. The minimum Gasteiger partial charge on any atom is -0.458 e. The van der Waals surface area contributed by atoms with E-state index in [1.54, 1.807) is 29.4 Å². The second-order valence-electron chi connectivity index (χ2n) is 5.71. The van der Waals surface area contributed by atoms with E-state index < -0.39 is 0 Å². The molecule has 5 nitrogen and oxygen atoms in total. The summed E-state index contributed by atoms with van der Waals surface area (Å²) in [5.41, 5.74) is 0.806. The minimum absolute atomic E-state index is 0.0200. The van der Waals surface area contributed by atoms with Crippen LogP contribution in [0.25, 0.3) is 0 Å². The number of ether oxygens (including phenoxy) is 1. The van der Waals surface area contributed by atoms with Crippen LogP contribution in [0.4, 0.5) is 4.39 Å². The first-order valence-electron chi connectivity index (χ1n) is 7.76. The SMILES string of the molecule is O=C(Cc1ccc(F)cc1)N1CCCC(Oc2ncc(Br)cn2)C1. The van der Waals surface area contributed by atoms with E-state index in [1.165, 1.54) is 12.1 Å². The number of aromatic nitrogens is 2. The van der Waals surface area contributed by atoms with Crippen LogP contribution in [0.5, 0.6) is 6.01 Å². The topological polar surface area (TPSA) is 55.3 Å². The van der Waals surface area contributed by atoms with Crippen LogP contribution >= 0.6 is 15.9 Å². The summed E-state index contributed by atoms with van der Waals surface area (Å²) in [6, 6.07) is 6.34. The Morgan fingerprint density at radius 2 is 2.00 bits per heavy atom. The lowest BCUT2D eigenvalue weighted by molar-refractivity contribution is -0.133. The van der Waals surface area contributed by atoms with E-state index in [1.807, 2.05) is 0 Å². The predicted octanol–water partition coefficient (Wildman–Crippen LogP) is 2.99. The third kappa shape index (κ3) is 4.50. The number of hydrogen-bond donors (Lipinski definition) is 0. The fourth-order valence-electron chi connectivity index (χ4n) is 2.66. The second-order valence-corrected chi connectivity index (χ2v) is 6.62. The van der Waals surface area contributed by atoms with E-state index >= 15 is 0 Å². The summed E-state index contributed by atoms with van der Waals surface area (Å²) in [5.74, 6) is -0.279. The summed E-state index contributed by atoms with van der Waals surface area (Å²) < 4.78 is 19.5. The van der Waals surface area contributed by atoms with Crippen molar-refractivity contribution in [3.05, 3.63) is 52.5 Å². The third-order valence-corrected chi connectivity index (χ3v) is 4.28. The molecule has 1 saturated heterocycles. The maximum absolute atomic E-state index is 12.9. The van der Waals surface area contributed by atoms with E-state index in [0.29, 0.717) is 19.1 Å². The van der Waals surface area contributed by atoms with Gasteiger partial charge in [0.1, 0.15) is 11.9 Å². The molecule has 0 saturated carbocycles. The molecule has 0 bridgehead atoms. The van der Waals surface area contributed by atoms with Crippen molar-refractivity contribution >= 4 is 21.8 Å². The van der Waals surface area contributed by atoms with Crippen LogP contribution in [0.2, 0.25) is 0 Å². The Bertz CT molecular complexity index is 694. The molecule has 24 heavy (non-hydrogen) atoms. The summed E-state index contributed by atoms with van der Waals surface area (Å²) >= 11 is 3.28. The van der Waals surface area contributed by atoms with Gasteiger partial charge in [0.15, 0.2) is 0 Å². The summed E-state index contributed by atoms with van der Waals surface area (Å²) in [6.45, 7) is 1.22.